The molecule has 214 valence electrons. The van der Waals surface area contributed by atoms with Crippen LogP contribution in [-0.2, 0) is 22.7 Å². The normalized spacial score (nSPS) is 22.9. The van der Waals surface area contributed by atoms with Crippen molar-refractivity contribution in [2.75, 3.05) is 56.5 Å². The van der Waals surface area contributed by atoms with Gasteiger partial charge in [-0.2, -0.15) is 10.1 Å². The SMILES string of the molecule is CN1CCN(C(=O)Cn2cc(Nc3nc4c(N5CC6CCC(C5)C6OCc5ccncc5)cccn4n3)cn2)CC1. The van der Waals surface area contributed by atoms with Gasteiger partial charge in [0.2, 0.25) is 11.9 Å². The first kappa shape index (κ1) is 25.9. The number of hydrogen-bond donors (Lipinski definition) is 1. The number of likely N-dealkylation sites (N-methyl/N-ethyl adjacent to an activating group) is 1. The molecule has 2 unspecified atom stereocenters. The Labute approximate surface area is 238 Å². The van der Waals surface area contributed by atoms with Crippen LogP contribution in [-0.4, -0.2) is 97.5 Å². The summed E-state index contributed by atoms with van der Waals surface area (Å²) in [6.45, 7) is 6.06. The summed E-state index contributed by atoms with van der Waals surface area (Å²) in [4.78, 5) is 28.2. The molecule has 1 N–H and O–H groups in total. The lowest BCUT2D eigenvalue weighted by molar-refractivity contribution is -0.133. The van der Waals surface area contributed by atoms with Crippen LogP contribution in [0.15, 0.2) is 55.2 Å². The number of hydrogen-bond acceptors (Lipinski definition) is 9. The molecule has 12 heteroatoms. The molecule has 2 saturated heterocycles. The summed E-state index contributed by atoms with van der Waals surface area (Å²) in [5.74, 6) is 1.58. The number of nitrogens with zero attached hydrogens (tertiary/aromatic N) is 9. The molecule has 3 aliphatic rings. The smallest absolute Gasteiger partial charge is 0.247 e. The van der Waals surface area contributed by atoms with E-state index in [1.165, 1.54) is 18.4 Å². The number of aromatic nitrogens is 6. The number of amides is 1. The summed E-state index contributed by atoms with van der Waals surface area (Å²) in [7, 11) is 2.08. The molecule has 1 aliphatic carbocycles. The molecule has 4 aromatic heterocycles. The van der Waals surface area contributed by atoms with Crippen LogP contribution in [0.25, 0.3) is 5.65 Å². The molecule has 2 atom stereocenters. The number of piperazine rings is 1. The summed E-state index contributed by atoms with van der Waals surface area (Å²) < 4.78 is 9.93. The van der Waals surface area contributed by atoms with Gasteiger partial charge in [0.25, 0.3) is 0 Å². The highest BCUT2D eigenvalue weighted by Gasteiger charge is 2.43. The molecule has 3 fully saturated rings. The fourth-order valence-corrected chi connectivity index (χ4v) is 6.44. The summed E-state index contributed by atoms with van der Waals surface area (Å²) in [5.41, 5.74) is 3.83. The molecule has 0 aromatic carbocycles. The number of ether oxygens (including phenoxy) is 1. The van der Waals surface area contributed by atoms with Crippen LogP contribution in [0.5, 0.6) is 0 Å². The van der Waals surface area contributed by atoms with Gasteiger partial charge < -0.3 is 24.8 Å². The van der Waals surface area contributed by atoms with Crippen LogP contribution < -0.4 is 10.2 Å². The molecule has 12 nitrogen and oxygen atoms in total. The third kappa shape index (κ3) is 5.49. The maximum absolute atomic E-state index is 12.7. The number of fused-ring (bicyclic) bond motifs is 3. The highest BCUT2D eigenvalue weighted by molar-refractivity contribution is 5.76. The average molecular weight is 557 g/mol. The van der Waals surface area contributed by atoms with Gasteiger partial charge in [-0.25, -0.2) is 4.52 Å². The Morgan fingerprint density at radius 2 is 1.85 bits per heavy atom. The van der Waals surface area contributed by atoms with E-state index < -0.39 is 0 Å². The van der Waals surface area contributed by atoms with Gasteiger partial charge in [0.1, 0.15) is 6.54 Å². The monoisotopic (exact) mass is 556 g/mol. The second-order valence-corrected chi connectivity index (χ2v) is 11.5. The Balaban J connectivity index is 1.00. The molecule has 1 amide bonds. The quantitative estimate of drug-likeness (QED) is 0.350. The minimum Gasteiger partial charge on any atom is -0.373 e. The van der Waals surface area contributed by atoms with Crippen molar-refractivity contribution < 1.29 is 9.53 Å². The van der Waals surface area contributed by atoms with Gasteiger partial charge in [-0.05, 0) is 49.7 Å². The molecule has 0 spiro atoms. The third-order valence-electron chi connectivity index (χ3n) is 8.66. The van der Waals surface area contributed by atoms with Gasteiger partial charge in [0, 0.05) is 75.9 Å². The number of pyridine rings is 2. The Kier molecular flexibility index (Phi) is 7.01. The van der Waals surface area contributed by atoms with E-state index in [1.54, 1.807) is 10.9 Å². The maximum atomic E-state index is 12.7. The van der Waals surface area contributed by atoms with Crippen molar-refractivity contribution in [3.05, 3.63) is 60.8 Å². The van der Waals surface area contributed by atoms with Crippen molar-refractivity contribution in [3.63, 3.8) is 0 Å². The summed E-state index contributed by atoms with van der Waals surface area (Å²) in [6.07, 6.45) is 11.8. The van der Waals surface area contributed by atoms with Crippen molar-refractivity contribution in [3.8, 4) is 0 Å². The van der Waals surface area contributed by atoms with Gasteiger partial charge in [0.15, 0.2) is 5.65 Å². The predicted octanol–water partition coefficient (Wildman–Crippen LogP) is 2.27. The zero-order chi connectivity index (χ0) is 27.8. The Morgan fingerprint density at radius 3 is 2.63 bits per heavy atom. The van der Waals surface area contributed by atoms with Crippen LogP contribution in [0.4, 0.5) is 17.3 Å². The van der Waals surface area contributed by atoms with Crippen LogP contribution >= 0.6 is 0 Å². The number of nitrogens with one attached hydrogen (secondary N) is 1. The van der Waals surface area contributed by atoms with E-state index in [1.807, 2.05) is 52.4 Å². The van der Waals surface area contributed by atoms with E-state index in [0.717, 1.165) is 56.3 Å². The number of carbonyl (C=O) groups is 1. The Morgan fingerprint density at radius 1 is 1.07 bits per heavy atom. The van der Waals surface area contributed by atoms with Gasteiger partial charge in [-0.1, -0.05) is 0 Å². The zero-order valence-electron chi connectivity index (χ0n) is 23.3. The van der Waals surface area contributed by atoms with Gasteiger partial charge >= 0.3 is 0 Å². The molecule has 2 bridgehead atoms. The van der Waals surface area contributed by atoms with Gasteiger partial charge in [-0.15, -0.1) is 5.10 Å². The molecular weight excluding hydrogens is 520 g/mol. The second kappa shape index (κ2) is 11.1. The number of rotatable bonds is 8. The minimum atomic E-state index is 0.0868. The number of anilines is 3. The van der Waals surface area contributed by atoms with E-state index in [4.69, 9.17) is 9.72 Å². The van der Waals surface area contributed by atoms with Crippen molar-refractivity contribution >= 4 is 28.9 Å². The van der Waals surface area contributed by atoms with Crippen LogP contribution in [0.3, 0.4) is 0 Å². The molecule has 6 heterocycles. The van der Waals surface area contributed by atoms with Crippen LogP contribution in [0.2, 0.25) is 0 Å². The maximum Gasteiger partial charge on any atom is 0.247 e. The highest BCUT2D eigenvalue weighted by atomic mass is 16.5. The van der Waals surface area contributed by atoms with E-state index in [2.05, 4.69) is 43.4 Å². The highest BCUT2D eigenvalue weighted by Crippen LogP contribution is 2.41. The average Bonchev–Trinajstić information content (AvgIpc) is 3.67. The molecular formula is C29H36N10O2. The van der Waals surface area contributed by atoms with E-state index in [-0.39, 0.29) is 18.6 Å². The fraction of sp³-hybridized carbons (Fsp3) is 0.483. The Bertz CT molecular complexity index is 1480. The van der Waals surface area contributed by atoms with Crippen molar-refractivity contribution in [1.29, 1.82) is 0 Å². The lowest BCUT2D eigenvalue weighted by atomic mass is 9.94. The van der Waals surface area contributed by atoms with E-state index >= 15 is 0 Å². The third-order valence-corrected chi connectivity index (χ3v) is 8.66. The minimum absolute atomic E-state index is 0.0868. The molecule has 2 aliphatic heterocycles. The standard InChI is InChI=1S/C29H36N10O2/c1-35-11-13-36(14-12-35)26(40)19-38-18-24(15-31-38)32-29-33-28-25(3-2-10-39(28)34-29)37-16-22-4-5-23(17-37)27(22)41-20-21-6-8-30-9-7-21/h2-3,6-10,15,18,22-23,27H,4-5,11-14,16-17,19-20H2,1H3,(H,32,34). The largest absolute Gasteiger partial charge is 0.373 e. The van der Waals surface area contributed by atoms with Gasteiger partial charge in [0.05, 0.1) is 30.3 Å². The first-order valence-corrected chi connectivity index (χ1v) is 14.5. The van der Waals surface area contributed by atoms with Gasteiger partial charge in [-0.3, -0.25) is 14.5 Å². The first-order chi connectivity index (χ1) is 20.1. The molecule has 4 aromatic rings. The zero-order valence-corrected chi connectivity index (χ0v) is 23.3. The topological polar surface area (TPSA) is 109 Å². The molecule has 7 rings (SSSR count). The van der Waals surface area contributed by atoms with E-state index in [0.29, 0.717) is 24.4 Å². The summed E-state index contributed by atoms with van der Waals surface area (Å²) in [5, 5.41) is 12.3. The second-order valence-electron chi connectivity index (χ2n) is 11.5. The fourth-order valence-electron chi connectivity index (χ4n) is 6.44. The lowest BCUT2D eigenvalue weighted by Gasteiger charge is -2.39. The number of piperidine rings is 1. The van der Waals surface area contributed by atoms with Crippen molar-refractivity contribution in [2.24, 2.45) is 11.8 Å². The Hall–Kier alpha value is -4.03. The summed E-state index contributed by atoms with van der Waals surface area (Å²) >= 11 is 0. The number of carbonyl (C=O) groups excluding carboxylic acids is 1. The van der Waals surface area contributed by atoms with E-state index in [9.17, 15) is 4.79 Å². The summed E-state index contributed by atoms with van der Waals surface area (Å²) in [6, 6.07) is 8.20. The van der Waals surface area contributed by atoms with Crippen molar-refractivity contribution in [1.82, 2.24) is 39.2 Å². The first-order valence-electron chi connectivity index (χ1n) is 14.5. The van der Waals surface area contributed by atoms with Crippen LogP contribution in [0.1, 0.15) is 18.4 Å². The van der Waals surface area contributed by atoms with Crippen molar-refractivity contribution in [2.45, 2.75) is 32.1 Å². The predicted molar refractivity (Wildman–Crippen MR) is 154 cm³/mol. The molecule has 41 heavy (non-hydrogen) atoms. The molecule has 0 radical (unpaired) electrons. The lowest BCUT2D eigenvalue weighted by Crippen LogP contribution is -2.48. The van der Waals surface area contributed by atoms with Crippen LogP contribution in [0, 0.1) is 11.8 Å². The molecule has 1 saturated carbocycles.